The number of benzene rings is 3. The highest BCUT2D eigenvalue weighted by molar-refractivity contribution is 6.43. The molecule has 0 aliphatic rings. The van der Waals surface area contributed by atoms with Gasteiger partial charge in [0.05, 0.1) is 0 Å². The van der Waals surface area contributed by atoms with Crippen molar-refractivity contribution in [3.8, 4) is 0 Å². The van der Waals surface area contributed by atoms with E-state index in [-0.39, 0.29) is 5.69 Å². The van der Waals surface area contributed by atoms with E-state index in [4.69, 9.17) is 0 Å². The van der Waals surface area contributed by atoms with Gasteiger partial charge in [0.15, 0.2) is 0 Å². The second-order valence-electron chi connectivity index (χ2n) is 4.98. The lowest BCUT2D eigenvalue weighted by atomic mass is 10.1. The second-order valence-corrected chi connectivity index (χ2v) is 4.98. The van der Waals surface area contributed by atoms with Crippen LogP contribution in [0.25, 0.3) is 10.8 Å². The molecule has 0 atom stereocenters. The highest BCUT2D eigenvalue weighted by Crippen LogP contribution is 2.18. The zero-order valence-corrected chi connectivity index (χ0v) is 12.0. The Morgan fingerprint density at radius 2 is 1.35 bits per heavy atom. The number of halogens is 1. The summed E-state index contributed by atoms with van der Waals surface area (Å²) in [6.07, 6.45) is 0. The van der Waals surface area contributed by atoms with E-state index in [1.807, 2.05) is 30.3 Å². The molecule has 114 valence electrons. The third-order valence-corrected chi connectivity index (χ3v) is 3.30. The monoisotopic (exact) mass is 308 g/mol. The van der Waals surface area contributed by atoms with Gasteiger partial charge in [-0.1, -0.05) is 36.4 Å². The number of carbonyl (C=O) groups is 2. The second kappa shape index (κ2) is 6.27. The molecule has 4 nitrogen and oxygen atoms in total. The van der Waals surface area contributed by atoms with E-state index in [1.54, 1.807) is 12.1 Å². The molecule has 2 N–H and O–H groups in total. The summed E-state index contributed by atoms with van der Waals surface area (Å²) in [7, 11) is 0. The molecule has 3 aromatic carbocycles. The Hall–Kier alpha value is -3.21. The van der Waals surface area contributed by atoms with E-state index in [0.717, 1.165) is 16.8 Å². The number of amides is 2. The fraction of sp³-hybridized carbons (Fsp3) is 0. The molecule has 0 aromatic heterocycles. The Balaban J connectivity index is 1.71. The number of fused-ring (bicyclic) bond motifs is 1. The van der Waals surface area contributed by atoms with Crippen molar-refractivity contribution in [2.75, 3.05) is 10.6 Å². The fourth-order valence-electron chi connectivity index (χ4n) is 2.21. The summed E-state index contributed by atoms with van der Waals surface area (Å²) < 4.78 is 13.1. The minimum absolute atomic E-state index is 0.226. The highest BCUT2D eigenvalue weighted by Gasteiger charge is 2.14. The van der Waals surface area contributed by atoms with Crippen molar-refractivity contribution in [1.82, 2.24) is 0 Å². The minimum atomic E-state index is -0.858. The average molecular weight is 308 g/mol. The third kappa shape index (κ3) is 3.52. The zero-order chi connectivity index (χ0) is 16.2. The van der Waals surface area contributed by atoms with Crippen LogP contribution < -0.4 is 10.6 Å². The lowest BCUT2D eigenvalue weighted by Crippen LogP contribution is -2.29. The number of hydrogen-bond acceptors (Lipinski definition) is 2. The maximum Gasteiger partial charge on any atom is 0.314 e. The first-order valence-electron chi connectivity index (χ1n) is 6.98. The molecule has 0 saturated carbocycles. The van der Waals surface area contributed by atoms with Gasteiger partial charge in [0.2, 0.25) is 0 Å². The van der Waals surface area contributed by atoms with Crippen LogP contribution in [-0.2, 0) is 9.59 Å². The quantitative estimate of drug-likeness (QED) is 0.711. The third-order valence-electron chi connectivity index (χ3n) is 3.30. The number of rotatable bonds is 2. The summed E-state index contributed by atoms with van der Waals surface area (Å²) in [6.45, 7) is 0. The van der Waals surface area contributed by atoms with E-state index in [9.17, 15) is 14.0 Å². The van der Waals surface area contributed by atoms with Crippen molar-refractivity contribution in [1.29, 1.82) is 0 Å². The molecule has 3 aromatic rings. The van der Waals surface area contributed by atoms with Gasteiger partial charge in [-0.3, -0.25) is 9.59 Å². The van der Waals surface area contributed by atoms with E-state index < -0.39 is 17.6 Å². The predicted octanol–water partition coefficient (Wildman–Crippen LogP) is 3.56. The maximum absolute atomic E-state index is 13.1. The summed E-state index contributed by atoms with van der Waals surface area (Å²) in [5.74, 6) is -2.16. The Kier molecular flexibility index (Phi) is 4.01. The number of anilines is 2. The Labute approximate surface area is 131 Å². The first-order chi connectivity index (χ1) is 11.1. The topological polar surface area (TPSA) is 58.2 Å². The fourth-order valence-corrected chi connectivity index (χ4v) is 2.21. The summed E-state index contributed by atoms with van der Waals surface area (Å²) in [5, 5.41) is 6.86. The summed E-state index contributed by atoms with van der Waals surface area (Å²) in [6, 6.07) is 18.4. The van der Waals surface area contributed by atoms with Crippen LogP contribution in [0.15, 0.2) is 66.7 Å². The first kappa shape index (κ1) is 14.7. The van der Waals surface area contributed by atoms with Crippen LogP contribution in [0.5, 0.6) is 0 Å². The molecule has 0 saturated heterocycles. The van der Waals surface area contributed by atoms with Crippen molar-refractivity contribution >= 4 is 34.0 Å². The van der Waals surface area contributed by atoms with Crippen LogP contribution in [0.4, 0.5) is 15.8 Å². The van der Waals surface area contributed by atoms with Gasteiger partial charge in [0.1, 0.15) is 5.82 Å². The summed E-state index contributed by atoms with van der Waals surface area (Å²) in [4.78, 5) is 23.8. The maximum atomic E-state index is 13.1. The van der Waals surface area contributed by atoms with Crippen molar-refractivity contribution in [2.45, 2.75) is 0 Å². The molecule has 0 bridgehead atoms. The van der Waals surface area contributed by atoms with Gasteiger partial charge < -0.3 is 10.6 Å². The number of nitrogens with one attached hydrogen (secondary N) is 2. The van der Waals surface area contributed by atoms with Gasteiger partial charge in [0, 0.05) is 11.4 Å². The van der Waals surface area contributed by atoms with Crippen molar-refractivity contribution in [3.63, 3.8) is 0 Å². The normalized spacial score (nSPS) is 10.3. The van der Waals surface area contributed by atoms with Gasteiger partial charge in [0.25, 0.3) is 0 Å². The van der Waals surface area contributed by atoms with Crippen molar-refractivity contribution in [3.05, 3.63) is 72.5 Å². The van der Waals surface area contributed by atoms with Crippen LogP contribution in [-0.4, -0.2) is 11.8 Å². The molecule has 3 rings (SSSR count). The van der Waals surface area contributed by atoms with E-state index in [1.165, 1.54) is 18.2 Å². The summed E-state index contributed by atoms with van der Waals surface area (Å²) in [5.41, 5.74) is 0.742. The van der Waals surface area contributed by atoms with Gasteiger partial charge >= 0.3 is 11.8 Å². The van der Waals surface area contributed by atoms with E-state index in [2.05, 4.69) is 10.6 Å². The first-order valence-corrected chi connectivity index (χ1v) is 6.98. The van der Waals surface area contributed by atoms with Crippen LogP contribution in [0, 0.1) is 5.82 Å². The smallest absolute Gasteiger partial charge is 0.314 e. The standard InChI is InChI=1S/C18H13FN2O2/c19-14-6-3-7-15(11-14)20-17(22)18(23)21-16-9-8-12-4-1-2-5-13(12)10-16/h1-11H,(H,20,22)(H,21,23). The van der Waals surface area contributed by atoms with E-state index >= 15 is 0 Å². The molecular weight excluding hydrogens is 295 g/mol. The molecule has 0 radical (unpaired) electrons. The molecule has 0 heterocycles. The Morgan fingerprint density at radius 1 is 0.696 bits per heavy atom. The number of carbonyl (C=O) groups excluding carboxylic acids is 2. The van der Waals surface area contributed by atoms with Crippen LogP contribution >= 0.6 is 0 Å². The minimum Gasteiger partial charge on any atom is -0.318 e. The largest absolute Gasteiger partial charge is 0.318 e. The highest BCUT2D eigenvalue weighted by atomic mass is 19.1. The van der Waals surface area contributed by atoms with Crippen molar-refractivity contribution < 1.29 is 14.0 Å². The molecule has 0 spiro atoms. The van der Waals surface area contributed by atoms with Gasteiger partial charge in [-0.05, 0) is 41.1 Å². The van der Waals surface area contributed by atoms with Gasteiger partial charge in [-0.15, -0.1) is 0 Å². The van der Waals surface area contributed by atoms with Crippen LogP contribution in [0.1, 0.15) is 0 Å². The van der Waals surface area contributed by atoms with Crippen LogP contribution in [0.3, 0.4) is 0 Å². The Bertz CT molecular complexity index is 893. The molecule has 5 heteroatoms. The van der Waals surface area contributed by atoms with E-state index in [0.29, 0.717) is 5.69 Å². The molecular formula is C18H13FN2O2. The molecule has 0 aliphatic carbocycles. The Morgan fingerprint density at radius 3 is 2.04 bits per heavy atom. The molecule has 0 fully saturated rings. The average Bonchev–Trinajstić information content (AvgIpc) is 2.54. The predicted molar refractivity (Wildman–Crippen MR) is 87.6 cm³/mol. The molecule has 2 amide bonds. The molecule has 0 unspecified atom stereocenters. The molecule has 0 aliphatic heterocycles. The SMILES string of the molecule is O=C(Nc1cccc(F)c1)C(=O)Nc1ccc2ccccc2c1. The lowest BCUT2D eigenvalue weighted by molar-refractivity contribution is -0.132. The zero-order valence-electron chi connectivity index (χ0n) is 12.0. The molecule has 23 heavy (non-hydrogen) atoms. The van der Waals surface area contributed by atoms with Gasteiger partial charge in [-0.2, -0.15) is 0 Å². The lowest BCUT2D eigenvalue weighted by Gasteiger charge is -2.07. The van der Waals surface area contributed by atoms with Gasteiger partial charge in [-0.25, -0.2) is 4.39 Å². The summed E-state index contributed by atoms with van der Waals surface area (Å²) >= 11 is 0. The van der Waals surface area contributed by atoms with Crippen molar-refractivity contribution in [2.24, 2.45) is 0 Å². The number of hydrogen-bond donors (Lipinski definition) is 2. The van der Waals surface area contributed by atoms with Crippen LogP contribution in [0.2, 0.25) is 0 Å².